The Labute approximate surface area is 215 Å². The topological polar surface area (TPSA) is 55.8 Å². The van der Waals surface area contributed by atoms with Crippen molar-refractivity contribution in [3.63, 3.8) is 0 Å². The second kappa shape index (κ2) is 12.6. The molecule has 0 fully saturated rings. The molecule has 0 atom stereocenters. The molecule has 0 aliphatic carbocycles. The summed E-state index contributed by atoms with van der Waals surface area (Å²) in [5.74, 6) is 1.11. The highest BCUT2D eigenvalue weighted by Crippen LogP contribution is 2.42. The van der Waals surface area contributed by atoms with Crippen molar-refractivity contribution in [1.29, 1.82) is 0 Å². The van der Waals surface area contributed by atoms with Crippen LogP contribution in [0.5, 0.6) is 11.5 Å². The Kier molecular flexibility index (Phi) is 9.51. The van der Waals surface area contributed by atoms with Gasteiger partial charge in [-0.15, -0.1) is 6.58 Å². The molecule has 0 unspecified atom stereocenters. The monoisotopic (exact) mass is 505 g/mol. The van der Waals surface area contributed by atoms with Crippen LogP contribution in [0.15, 0.2) is 91.5 Å². The Bertz CT molecular complexity index is 1280. The summed E-state index contributed by atoms with van der Waals surface area (Å²) < 4.78 is 40.4. The molecule has 0 saturated carbocycles. The summed E-state index contributed by atoms with van der Waals surface area (Å²) >= 11 is 0. The minimum absolute atomic E-state index is 0.0856. The lowest BCUT2D eigenvalue weighted by Crippen LogP contribution is -2.32. The number of allylic oxidation sites excluding steroid dienone is 1. The van der Waals surface area contributed by atoms with Gasteiger partial charge in [0.15, 0.2) is 11.5 Å². The van der Waals surface area contributed by atoms with Crippen LogP contribution in [0.2, 0.25) is 0 Å². The summed E-state index contributed by atoms with van der Waals surface area (Å²) in [5.41, 5.74) is 4.33. The van der Waals surface area contributed by atoms with Crippen molar-refractivity contribution in [3.8, 4) is 11.5 Å². The SMILES string of the molecule is C=CCN(Cc1ccc(OC)c(OC(C)C)c1/C(=C/C)c1ccccc1)S(=O)(=O)Cc1ccccc1. The molecule has 0 bridgehead atoms. The van der Waals surface area contributed by atoms with Gasteiger partial charge in [0, 0.05) is 18.7 Å². The number of hydrogen-bond acceptors (Lipinski definition) is 4. The zero-order valence-corrected chi connectivity index (χ0v) is 22.3. The van der Waals surface area contributed by atoms with Gasteiger partial charge < -0.3 is 9.47 Å². The molecule has 0 spiro atoms. The first kappa shape index (κ1) is 27.2. The second-order valence-electron chi connectivity index (χ2n) is 8.69. The van der Waals surface area contributed by atoms with Crippen LogP contribution in [0.1, 0.15) is 43.0 Å². The van der Waals surface area contributed by atoms with Gasteiger partial charge in [-0.2, -0.15) is 4.31 Å². The van der Waals surface area contributed by atoms with Crippen LogP contribution >= 0.6 is 0 Å². The molecule has 0 amide bonds. The number of benzene rings is 3. The molecular formula is C30H35NO4S. The third kappa shape index (κ3) is 6.65. The fourth-order valence-corrected chi connectivity index (χ4v) is 5.57. The molecule has 6 heteroatoms. The highest BCUT2D eigenvalue weighted by molar-refractivity contribution is 7.88. The minimum Gasteiger partial charge on any atom is -0.493 e. The molecule has 3 rings (SSSR count). The van der Waals surface area contributed by atoms with E-state index in [-0.39, 0.29) is 24.9 Å². The van der Waals surface area contributed by atoms with Crippen molar-refractivity contribution in [2.45, 2.75) is 39.2 Å². The lowest BCUT2D eigenvalue weighted by atomic mass is 9.92. The number of methoxy groups -OCH3 is 1. The van der Waals surface area contributed by atoms with Crippen LogP contribution in [-0.4, -0.2) is 32.5 Å². The second-order valence-corrected chi connectivity index (χ2v) is 10.7. The smallest absolute Gasteiger partial charge is 0.218 e. The van der Waals surface area contributed by atoms with Crippen LogP contribution in [0.25, 0.3) is 5.57 Å². The number of sulfonamides is 1. The van der Waals surface area contributed by atoms with Gasteiger partial charge in [0.2, 0.25) is 10.0 Å². The minimum atomic E-state index is -3.63. The van der Waals surface area contributed by atoms with Crippen LogP contribution in [0.4, 0.5) is 0 Å². The standard InChI is InChI=1S/C30H35NO4S/c1-6-20-31(36(32,33)22-24-14-10-8-11-15-24)21-26-18-19-28(34-5)30(35-23(3)4)29(26)27(7-2)25-16-12-9-13-17-25/h6-19,23H,1,20-22H2,2-5H3/b27-7+. The van der Waals surface area contributed by atoms with Gasteiger partial charge in [0.1, 0.15) is 0 Å². The van der Waals surface area contributed by atoms with Crippen molar-refractivity contribution in [3.05, 3.63) is 114 Å². The predicted molar refractivity (Wildman–Crippen MR) is 148 cm³/mol. The summed E-state index contributed by atoms with van der Waals surface area (Å²) in [7, 11) is -2.02. The maximum absolute atomic E-state index is 13.5. The van der Waals surface area contributed by atoms with Crippen molar-refractivity contribution < 1.29 is 17.9 Å². The average Bonchev–Trinajstić information content (AvgIpc) is 2.86. The van der Waals surface area contributed by atoms with Gasteiger partial charge in [-0.1, -0.05) is 78.9 Å². The molecule has 0 aromatic heterocycles. The molecule has 3 aromatic rings. The first-order chi connectivity index (χ1) is 17.3. The zero-order valence-electron chi connectivity index (χ0n) is 21.5. The summed E-state index contributed by atoms with van der Waals surface area (Å²) in [4.78, 5) is 0. The first-order valence-corrected chi connectivity index (χ1v) is 13.6. The Hall–Kier alpha value is -3.35. The summed E-state index contributed by atoms with van der Waals surface area (Å²) in [6.45, 7) is 10.1. The lowest BCUT2D eigenvalue weighted by Gasteiger charge is -2.26. The number of rotatable bonds is 12. The molecule has 0 radical (unpaired) electrons. The number of nitrogens with zero attached hydrogens (tertiary/aromatic N) is 1. The Morgan fingerprint density at radius 2 is 1.64 bits per heavy atom. The van der Waals surface area contributed by atoms with Gasteiger partial charge in [-0.25, -0.2) is 8.42 Å². The Morgan fingerprint density at radius 3 is 2.19 bits per heavy atom. The predicted octanol–water partition coefficient (Wildman–Crippen LogP) is 6.45. The summed E-state index contributed by atoms with van der Waals surface area (Å²) in [6, 6.07) is 23.0. The summed E-state index contributed by atoms with van der Waals surface area (Å²) in [5, 5.41) is 0. The van der Waals surface area contributed by atoms with E-state index in [4.69, 9.17) is 9.47 Å². The molecule has 0 heterocycles. The lowest BCUT2D eigenvalue weighted by molar-refractivity contribution is 0.229. The molecule has 0 saturated heterocycles. The van der Waals surface area contributed by atoms with Gasteiger partial charge in [-0.05, 0) is 49.1 Å². The first-order valence-electron chi connectivity index (χ1n) is 12.0. The average molecular weight is 506 g/mol. The fraction of sp³-hybridized carbons (Fsp3) is 0.267. The van der Waals surface area contributed by atoms with E-state index in [9.17, 15) is 8.42 Å². The molecule has 3 aromatic carbocycles. The third-order valence-electron chi connectivity index (χ3n) is 5.69. The third-order valence-corrected chi connectivity index (χ3v) is 7.45. The summed E-state index contributed by atoms with van der Waals surface area (Å²) in [6.07, 6.45) is 3.54. The van der Waals surface area contributed by atoms with Crippen LogP contribution in [0, 0.1) is 0 Å². The maximum atomic E-state index is 13.5. The van der Waals surface area contributed by atoms with Crippen LogP contribution < -0.4 is 9.47 Å². The van der Waals surface area contributed by atoms with E-state index < -0.39 is 10.0 Å². The fourth-order valence-electron chi connectivity index (χ4n) is 4.10. The number of hydrogen-bond donors (Lipinski definition) is 0. The molecule has 5 nitrogen and oxygen atoms in total. The van der Waals surface area contributed by atoms with Gasteiger partial charge in [0.25, 0.3) is 0 Å². The number of ether oxygens (including phenoxy) is 2. The van der Waals surface area contributed by atoms with Crippen molar-refractivity contribution in [2.75, 3.05) is 13.7 Å². The largest absolute Gasteiger partial charge is 0.493 e. The van der Waals surface area contributed by atoms with E-state index >= 15 is 0 Å². The van der Waals surface area contributed by atoms with Crippen LogP contribution in [0.3, 0.4) is 0 Å². The van der Waals surface area contributed by atoms with Gasteiger partial charge >= 0.3 is 0 Å². The van der Waals surface area contributed by atoms with Crippen molar-refractivity contribution in [1.82, 2.24) is 4.31 Å². The van der Waals surface area contributed by atoms with E-state index in [1.807, 2.05) is 99.6 Å². The van der Waals surface area contributed by atoms with E-state index in [1.165, 1.54) is 4.31 Å². The van der Waals surface area contributed by atoms with Gasteiger partial charge in [0.05, 0.1) is 19.0 Å². The van der Waals surface area contributed by atoms with Gasteiger partial charge in [-0.3, -0.25) is 0 Å². The molecule has 0 aliphatic heterocycles. The highest BCUT2D eigenvalue weighted by atomic mass is 32.2. The quantitative estimate of drug-likeness (QED) is 0.265. The molecule has 36 heavy (non-hydrogen) atoms. The van der Waals surface area contributed by atoms with Crippen molar-refractivity contribution in [2.24, 2.45) is 0 Å². The highest BCUT2D eigenvalue weighted by Gasteiger charge is 2.26. The van der Waals surface area contributed by atoms with Crippen molar-refractivity contribution >= 4 is 15.6 Å². The maximum Gasteiger partial charge on any atom is 0.218 e. The molecular weight excluding hydrogens is 470 g/mol. The van der Waals surface area contributed by atoms with E-state index in [0.29, 0.717) is 11.5 Å². The molecule has 0 N–H and O–H groups in total. The normalized spacial score (nSPS) is 12.1. The Balaban J connectivity index is 2.16. The molecule has 190 valence electrons. The van der Waals surface area contributed by atoms with E-state index in [1.54, 1.807) is 13.2 Å². The van der Waals surface area contributed by atoms with E-state index in [2.05, 4.69) is 6.58 Å². The Morgan fingerprint density at radius 1 is 1.00 bits per heavy atom. The van der Waals surface area contributed by atoms with E-state index in [0.717, 1.165) is 27.8 Å². The van der Waals surface area contributed by atoms with Crippen LogP contribution in [-0.2, 0) is 22.3 Å². The molecule has 0 aliphatic rings. The zero-order chi connectivity index (χ0) is 26.1.